The summed E-state index contributed by atoms with van der Waals surface area (Å²) in [7, 11) is 0. The number of pyridine rings is 1. The molecule has 0 amide bonds. The van der Waals surface area contributed by atoms with Gasteiger partial charge in [-0.25, -0.2) is 4.98 Å². The lowest BCUT2D eigenvalue weighted by Crippen LogP contribution is -2.41. The second-order valence-corrected chi connectivity index (χ2v) is 5.87. The maximum absolute atomic E-state index is 12.7. The van der Waals surface area contributed by atoms with E-state index in [9.17, 15) is 31.1 Å². The van der Waals surface area contributed by atoms with Crippen molar-refractivity contribution in [2.75, 3.05) is 24.6 Å². The number of hydrogen-bond donors (Lipinski definition) is 0. The van der Waals surface area contributed by atoms with Crippen molar-refractivity contribution in [3.63, 3.8) is 0 Å². The molecule has 0 aliphatic heterocycles. The topological polar surface area (TPSA) is 51.7 Å². The largest absolute Gasteiger partial charge is 0.476 e. The first kappa shape index (κ1) is 20.1. The van der Waals surface area contributed by atoms with E-state index in [1.165, 1.54) is 6.07 Å². The van der Waals surface area contributed by atoms with Gasteiger partial charge in [0.15, 0.2) is 0 Å². The van der Waals surface area contributed by atoms with Gasteiger partial charge in [0.2, 0.25) is 5.88 Å². The first-order valence-corrected chi connectivity index (χ1v) is 7.64. The number of aromatic nitrogens is 1. The highest BCUT2D eigenvalue weighted by Crippen LogP contribution is 2.35. The zero-order valence-electron chi connectivity index (χ0n) is 13.4. The van der Waals surface area contributed by atoms with Crippen LogP contribution < -0.4 is 9.64 Å². The van der Waals surface area contributed by atoms with Crippen LogP contribution in [0.5, 0.6) is 5.88 Å². The highest BCUT2D eigenvalue weighted by molar-refractivity contribution is 5.56. The molecule has 2 rings (SSSR count). The predicted molar refractivity (Wildman–Crippen MR) is 77.6 cm³/mol. The van der Waals surface area contributed by atoms with Gasteiger partial charge in [-0.2, -0.15) is 26.3 Å². The van der Waals surface area contributed by atoms with Crippen molar-refractivity contribution in [1.82, 2.24) is 4.98 Å². The van der Waals surface area contributed by atoms with Gasteiger partial charge in [-0.1, -0.05) is 0 Å². The van der Waals surface area contributed by atoms with Crippen molar-refractivity contribution in [2.24, 2.45) is 5.92 Å². The molecule has 1 aliphatic carbocycles. The van der Waals surface area contributed by atoms with Gasteiger partial charge in [0.1, 0.15) is 25.4 Å². The average molecular weight is 386 g/mol. The standard InChI is InChI=1S/C15H16F6N2O3/c16-14(17,18)7-23(8-15(19,20)21)12-4-3-11(6-25-9-24)22-13(12)26-5-10-1-2-10/h3-4,9-10H,1-2,5-8H2. The summed E-state index contributed by atoms with van der Waals surface area (Å²) in [6.07, 6.45) is -7.95. The number of ether oxygens (including phenoxy) is 2. The molecule has 0 bridgehead atoms. The van der Waals surface area contributed by atoms with Gasteiger partial charge in [-0.3, -0.25) is 4.79 Å². The number of anilines is 1. The van der Waals surface area contributed by atoms with Crippen molar-refractivity contribution < 1.29 is 40.6 Å². The number of carbonyl (C=O) groups is 1. The molecule has 1 heterocycles. The fraction of sp³-hybridized carbons (Fsp3) is 0.600. The predicted octanol–water partition coefficient (Wildman–Crippen LogP) is 3.47. The van der Waals surface area contributed by atoms with Crippen LogP contribution in [0.2, 0.25) is 0 Å². The highest BCUT2D eigenvalue weighted by Gasteiger charge is 2.39. The summed E-state index contributed by atoms with van der Waals surface area (Å²) < 4.78 is 86.3. The van der Waals surface area contributed by atoms with Crippen LogP contribution in [0.15, 0.2) is 12.1 Å². The molecule has 0 spiro atoms. The van der Waals surface area contributed by atoms with Crippen LogP contribution in [0.3, 0.4) is 0 Å². The zero-order chi connectivity index (χ0) is 19.4. The Morgan fingerprint density at radius 2 is 1.73 bits per heavy atom. The van der Waals surface area contributed by atoms with Crippen LogP contribution in [0.1, 0.15) is 18.5 Å². The first-order valence-electron chi connectivity index (χ1n) is 7.64. The minimum Gasteiger partial charge on any atom is -0.476 e. The number of halogens is 6. The van der Waals surface area contributed by atoms with Crippen molar-refractivity contribution in [3.05, 3.63) is 17.8 Å². The molecule has 1 aromatic rings. The van der Waals surface area contributed by atoms with E-state index in [-0.39, 0.29) is 42.1 Å². The fourth-order valence-corrected chi connectivity index (χ4v) is 2.16. The van der Waals surface area contributed by atoms with E-state index in [0.717, 1.165) is 18.9 Å². The van der Waals surface area contributed by atoms with Crippen LogP contribution in [0.25, 0.3) is 0 Å². The molecule has 1 aromatic heterocycles. The van der Waals surface area contributed by atoms with E-state index in [2.05, 4.69) is 9.72 Å². The summed E-state index contributed by atoms with van der Waals surface area (Å²) in [4.78, 5) is 14.3. The van der Waals surface area contributed by atoms with E-state index in [1.54, 1.807) is 0 Å². The SMILES string of the molecule is O=COCc1ccc(N(CC(F)(F)F)CC(F)(F)F)c(OCC2CC2)n1. The molecule has 1 aliphatic rings. The Morgan fingerprint density at radius 3 is 2.23 bits per heavy atom. The molecule has 26 heavy (non-hydrogen) atoms. The van der Waals surface area contributed by atoms with Crippen LogP contribution in [0.4, 0.5) is 32.0 Å². The Morgan fingerprint density at radius 1 is 1.12 bits per heavy atom. The van der Waals surface area contributed by atoms with Crippen LogP contribution >= 0.6 is 0 Å². The maximum atomic E-state index is 12.7. The second kappa shape index (κ2) is 8.00. The molecule has 0 radical (unpaired) electrons. The van der Waals surface area contributed by atoms with E-state index in [4.69, 9.17) is 4.74 Å². The van der Waals surface area contributed by atoms with Crippen molar-refractivity contribution in [3.8, 4) is 5.88 Å². The van der Waals surface area contributed by atoms with Gasteiger partial charge < -0.3 is 14.4 Å². The smallest absolute Gasteiger partial charge is 0.405 e. The number of rotatable bonds is 9. The molecule has 0 aromatic carbocycles. The lowest BCUT2D eigenvalue weighted by Gasteiger charge is -2.28. The average Bonchev–Trinajstić information content (AvgIpc) is 3.31. The molecule has 0 unspecified atom stereocenters. The number of alkyl halides is 6. The van der Waals surface area contributed by atoms with Gasteiger partial charge >= 0.3 is 12.4 Å². The third-order valence-corrected chi connectivity index (χ3v) is 3.43. The van der Waals surface area contributed by atoms with E-state index in [0.29, 0.717) is 0 Å². The van der Waals surface area contributed by atoms with Crippen molar-refractivity contribution >= 4 is 12.2 Å². The Kier molecular flexibility index (Phi) is 6.19. The molecular formula is C15H16F6N2O3. The summed E-state index contributed by atoms with van der Waals surface area (Å²) in [5, 5.41) is 0. The number of hydrogen-bond acceptors (Lipinski definition) is 5. The minimum absolute atomic E-state index is 0.125. The second-order valence-electron chi connectivity index (χ2n) is 5.87. The summed E-state index contributed by atoms with van der Waals surface area (Å²) in [6.45, 7) is -3.60. The first-order chi connectivity index (χ1) is 12.1. The third kappa shape index (κ3) is 6.96. The fourth-order valence-electron chi connectivity index (χ4n) is 2.16. The quantitative estimate of drug-likeness (QED) is 0.481. The Bertz CT molecular complexity index is 600. The minimum atomic E-state index is -4.85. The van der Waals surface area contributed by atoms with E-state index in [1.807, 2.05) is 0 Å². The number of carbonyl (C=O) groups excluding carboxylic acids is 1. The Balaban J connectivity index is 2.30. The molecular weight excluding hydrogens is 370 g/mol. The molecule has 11 heteroatoms. The van der Waals surface area contributed by atoms with Crippen LogP contribution in [0, 0.1) is 5.92 Å². The summed E-state index contributed by atoms with van der Waals surface area (Å²) in [5.41, 5.74) is -0.277. The van der Waals surface area contributed by atoms with Crippen LogP contribution in [-0.4, -0.2) is 43.5 Å². The molecule has 1 saturated carbocycles. The Labute approximate surface area is 144 Å². The van der Waals surface area contributed by atoms with Gasteiger partial charge in [-0.05, 0) is 30.9 Å². The number of nitrogens with zero attached hydrogens (tertiary/aromatic N) is 2. The lowest BCUT2D eigenvalue weighted by molar-refractivity contribution is -0.137. The third-order valence-electron chi connectivity index (χ3n) is 3.43. The molecule has 0 N–H and O–H groups in total. The zero-order valence-corrected chi connectivity index (χ0v) is 13.4. The van der Waals surface area contributed by atoms with Gasteiger partial charge in [0, 0.05) is 0 Å². The van der Waals surface area contributed by atoms with Gasteiger partial charge in [0.25, 0.3) is 6.47 Å². The molecule has 1 fully saturated rings. The summed E-state index contributed by atoms with van der Waals surface area (Å²) >= 11 is 0. The maximum Gasteiger partial charge on any atom is 0.405 e. The molecule has 5 nitrogen and oxygen atoms in total. The van der Waals surface area contributed by atoms with E-state index >= 15 is 0 Å². The van der Waals surface area contributed by atoms with Crippen LogP contribution in [-0.2, 0) is 16.1 Å². The normalized spacial score (nSPS) is 14.8. The molecule has 0 atom stereocenters. The van der Waals surface area contributed by atoms with Crippen molar-refractivity contribution in [2.45, 2.75) is 31.8 Å². The molecule has 0 saturated heterocycles. The van der Waals surface area contributed by atoms with E-state index < -0.39 is 31.1 Å². The van der Waals surface area contributed by atoms with Gasteiger partial charge in [0.05, 0.1) is 12.3 Å². The monoisotopic (exact) mass is 386 g/mol. The summed E-state index contributed by atoms with van der Waals surface area (Å²) in [6, 6.07) is 2.23. The summed E-state index contributed by atoms with van der Waals surface area (Å²) in [5.74, 6) is -0.143. The Hall–Kier alpha value is -2.20. The van der Waals surface area contributed by atoms with Crippen molar-refractivity contribution in [1.29, 1.82) is 0 Å². The molecule has 146 valence electrons. The van der Waals surface area contributed by atoms with Gasteiger partial charge in [-0.15, -0.1) is 0 Å². The highest BCUT2D eigenvalue weighted by atomic mass is 19.4. The lowest BCUT2D eigenvalue weighted by atomic mass is 10.3.